The van der Waals surface area contributed by atoms with Crippen molar-refractivity contribution in [1.82, 2.24) is 25.4 Å². The smallest absolute Gasteiger partial charge is 0.327 e. The van der Waals surface area contributed by atoms with E-state index < -0.39 is 6.04 Å². The van der Waals surface area contributed by atoms with E-state index in [1.165, 1.54) is 23.1 Å². The average molecular weight is 496 g/mol. The standard InChI is InChI=1S/C25H30N6O3S/c1-14-4-5-17-16(10-14)11-20(26-17)23(33)28-21-12-31(15(2)32)9-7-18(21)27-24(34)25-29-19-6-8-30(3)13-22(19)35-25/h4-5,10-11,18,21,26H,6-9,12-13H2,1-3H3,(H,27,34)(H,28,33)/p+1/t18-,21+/m1/s1. The monoisotopic (exact) mass is 495 g/mol. The number of hydrogen-bond acceptors (Lipinski definition) is 5. The summed E-state index contributed by atoms with van der Waals surface area (Å²) in [5.41, 5.74) is 3.60. The Morgan fingerprint density at radius 2 is 1.91 bits per heavy atom. The number of carbonyl (C=O) groups excluding carboxylic acids is 3. The molecule has 4 heterocycles. The molecule has 0 radical (unpaired) electrons. The molecule has 0 saturated carbocycles. The summed E-state index contributed by atoms with van der Waals surface area (Å²) in [7, 11) is 2.08. The minimum absolute atomic E-state index is 0.0431. The second-order valence-electron chi connectivity index (χ2n) is 9.63. The molecule has 0 unspecified atom stereocenters. The Morgan fingerprint density at radius 1 is 1.11 bits per heavy atom. The Labute approximate surface area is 207 Å². The largest absolute Gasteiger partial charge is 0.351 e. The molecule has 0 aliphatic carbocycles. The number of likely N-dealkylation sites (N-methyl/N-ethyl adjacent to an activating group) is 1. The highest BCUT2D eigenvalue weighted by Gasteiger charge is 2.35. The number of nitrogens with zero attached hydrogens (tertiary/aromatic N) is 2. The molecule has 2 aliphatic rings. The Hall–Kier alpha value is -3.24. The minimum Gasteiger partial charge on any atom is -0.351 e. The molecular weight excluding hydrogens is 464 g/mol. The van der Waals surface area contributed by atoms with Gasteiger partial charge >= 0.3 is 10.9 Å². The maximum Gasteiger partial charge on any atom is 0.327 e. The van der Waals surface area contributed by atoms with E-state index in [0.717, 1.165) is 41.7 Å². The normalized spacial score (nSPS) is 20.5. The van der Waals surface area contributed by atoms with E-state index in [1.54, 1.807) is 4.90 Å². The van der Waals surface area contributed by atoms with Crippen molar-refractivity contribution >= 4 is 40.0 Å². The fraction of sp³-hybridized carbons (Fsp3) is 0.440. The Morgan fingerprint density at radius 3 is 2.71 bits per heavy atom. The minimum atomic E-state index is -0.405. The van der Waals surface area contributed by atoms with Crippen molar-refractivity contribution < 1.29 is 19.4 Å². The summed E-state index contributed by atoms with van der Waals surface area (Å²) in [4.78, 5) is 49.9. The maximum atomic E-state index is 13.1. The third-order valence-corrected chi connectivity index (χ3v) is 8.02. The van der Waals surface area contributed by atoms with Crippen LogP contribution in [0.4, 0.5) is 0 Å². The average Bonchev–Trinajstić information content (AvgIpc) is 3.43. The van der Waals surface area contributed by atoms with Crippen LogP contribution >= 0.6 is 11.3 Å². The summed E-state index contributed by atoms with van der Waals surface area (Å²) in [5, 5.41) is 7.73. The lowest BCUT2D eigenvalue weighted by Gasteiger charge is -2.38. The molecule has 2 aromatic heterocycles. The van der Waals surface area contributed by atoms with Crippen molar-refractivity contribution in [3.63, 3.8) is 0 Å². The number of amides is 3. The lowest BCUT2D eigenvalue weighted by atomic mass is 9.98. The lowest BCUT2D eigenvalue weighted by Crippen LogP contribution is -2.61. The quantitative estimate of drug-likeness (QED) is 0.509. The summed E-state index contributed by atoms with van der Waals surface area (Å²) >= 11 is 1.49. The van der Waals surface area contributed by atoms with Crippen LogP contribution in [-0.4, -0.2) is 71.3 Å². The third kappa shape index (κ3) is 4.94. The van der Waals surface area contributed by atoms with E-state index in [2.05, 4.69) is 32.5 Å². The number of H-pyrrole nitrogens is 2. The number of nitrogens with one attached hydrogen (secondary N) is 4. The van der Waals surface area contributed by atoms with Crippen LogP contribution in [0.5, 0.6) is 0 Å². The number of benzene rings is 1. The van der Waals surface area contributed by atoms with Crippen LogP contribution in [0.15, 0.2) is 24.3 Å². The van der Waals surface area contributed by atoms with Gasteiger partial charge in [0.1, 0.15) is 5.69 Å². The van der Waals surface area contributed by atoms with Crippen molar-refractivity contribution in [3.8, 4) is 0 Å². The van der Waals surface area contributed by atoms with Crippen LogP contribution in [0.1, 0.15) is 49.8 Å². The van der Waals surface area contributed by atoms with Gasteiger partial charge in [-0.1, -0.05) is 23.0 Å². The Bertz CT molecular complexity index is 1300. The number of aromatic nitrogens is 2. The van der Waals surface area contributed by atoms with E-state index in [0.29, 0.717) is 30.2 Å². The second kappa shape index (κ2) is 9.43. The highest BCUT2D eigenvalue weighted by atomic mass is 32.1. The zero-order chi connectivity index (χ0) is 24.7. The van der Waals surface area contributed by atoms with Crippen molar-refractivity contribution in [2.24, 2.45) is 0 Å². The summed E-state index contributed by atoms with van der Waals surface area (Å²) in [5.74, 6) is -0.471. The van der Waals surface area contributed by atoms with Gasteiger partial charge in [-0.05, 0) is 38.6 Å². The number of aromatic amines is 2. The molecule has 2 aliphatic heterocycles. The van der Waals surface area contributed by atoms with E-state index in [9.17, 15) is 14.4 Å². The molecule has 3 amide bonds. The summed E-state index contributed by atoms with van der Waals surface area (Å²) in [6, 6.07) is 7.12. The van der Waals surface area contributed by atoms with Crippen molar-refractivity contribution in [1.29, 1.82) is 0 Å². The van der Waals surface area contributed by atoms with Gasteiger partial charge in [0, 0.05) is 50.4 Å². The SMILES string of the molecule is CC(=O)N1CC[C@@H](NC(=O)c2[nH+]c3c(s2)CN(C)CC3)[C@@H](NC(=O)c2cc3cc(C)ccc3[nH]2)C1. The molecular formula is C25H31N6O3S+. The van der Waals surface area contributed by atoms with Crippen molar-refractivity contribution in [2.45, 2.75) is 45.3 Å². The first-order valence-corrected chi connectivity index (χ1v) is 12.8. The Balaban J connectivity index is 1.32. The van der Waals surface area contributed by atoms with Crippen LogP contribution in [0, 0.1) is 6.92 Å². The van der Waals surface area contributed by atoms with Gasteiger partial charge in [0.15, 0.2) is 5.69 Å². The molecule has 5 rings (SSSR count). The van der Waals surface area contributed by atoms with E-state index in [4.69, 9.17) is 0 Å². The van der Waals surface area contributed by atoms with Crippen molar-refractivity contribution in [3.05, 3.63) is 51.1 Å². The number of piperidine rings is 1. The number of carbonyl (C=O) groups is 3. The molecule has 1 aromatic carbocycles. The molecule has 184 valence electrons. The topological polar surface area (TPSA) is 112 Å². The van der Waals surface area contributed by atoms with Gasteiger partial charge in [0.25, 0.3) is 5.91 Å². The van der Waals surface area contributed by atoms with Crippen LogP contribution < -0.4 is 15.6 Å². The van der Waals surface area contributed by atoms with Gasteiger partial charge < -0.3 is 25.4 Å². The number of hydrogen-bond donors (Lipinski definition) is 3. The third-order valence-electron chi connectivity index (χ3n) is 6.90. The van der Waals surface area contributed by atoms with Crippen LogP contribution in [0.3, 0.4) is 0 Å². The zero-order valence-electron chi connectivity index (χ0n) is 20.2. The number of fused-ring (bicyclic) bond motifs is 2. The first kappa shape index (κ1) is 23.5. The first-order valence-electron chi connectivity index (χ1n) is 12.0. The van der Waals surface area contributed by atoms with Crippen molar-refractivity contribution in [2.75, 3.05) is 26.7 Å². The molecule has 1 fully saturated rings. The van der Waals surface area contributed by atoms with Gasteiger partial charge in [0.2, 0.25) is 5.91 Å². The number of aryl methyl sites for hydroxylation is 1. The molecule has 0 bridgehead atoms. The van der Waals surface area contributed by atoms with Crippen LogP contribution in [0.25, 0.3) is 10.9 Å². The molecule has 9 nitrogen and oxygen atoms in total. The number of likely N-dealkylation sites (tertiary alicyclic amines) is 1. The molecule has 1 saturated heterocycles. The van der Waals surface area contributed by atoms with E-state index in [1.807, 2.05) is 31.2 Å². The predicted molar refractivity (Wildman–Crippen MR) is 133 cm³/mol. The van der Waals surface area contributed by atoms with E-state index >= 15 is 0 Å². The summed E-state index contributed by atoms with van der Waals surface area (Å²) < 4.78 is 0. The second-order valence-corrected chi connectivity index (χ2v) is 10.7. The van der Waals surface area contributed by atoms with Gasteiger partial charge in [-0.2, -0.15) is 4.98 Å². The number of thiazole rings is 1. The van der Waals surface area contributed by atoms with Crippen LogP contribution in [-0.2, 0) is 17.8 Å². The summed E-state index contributed by atoms with van der Waals surface area (Å²) in [6.45, 7) is 6.22. The predicted octanol–water partition coefficient (Wildman–Crippen LogP) is 1.49. The highest BCUT2D eigenvalue weighted by Crippen LogP contribution is 2.22. The Kier molecular flexibility index (Phi) is 6.33. The maximum absolute atomic E-state index is 13.1. The fourth-order valence-corrected chi connectivity index (χ4v) is 6.02. The molecule has 10 heteroatoms. The number of rotatable bonds is 4. The molecule has 3 aromatic rings. The molecule has 4 N–H and O–H groups in total. The lowest BCUT2D eigenvalue weighted by molar-refractivity contribution is -0.388. The van der Waals surface area contributed by atoms with Gasteiger partial charge in [-0.3, -0.25) is 14.4 Å². The highest BCUT2D eigenvalue weighted by molar-refractivity contribution is 7.13. The fourth-order valence-electron chi connectivity index (χ4n) is 4.89. The molecule has 0 spiro atoms. The van der Waals surface area contributed by atoms with Gasteiger partial charge in [-0.15, -0.1) is 0 Å². The molecule has 2 atom stereocenters. The van der Waals surface area contributed by atoms with Gasteiger partial charge in [-0.25, -0.2) is 0 Å². The van der Waals surface area contributed by atoms with Gasteiger partial charge in [0.05, 0.1) is 17.0 Å². The van der Waals surface area contributed by atoms with E-state index in [-0.39, 0.29) is 23.8 Å². The first-order chi connectivity index (χ1) is 16.8. The molecule has 35 heavy (non-hydrogen) atoms. The van der Waals surface area contributed by atoms with Crippen LogP contribution in [0.2, 0.25) is 0 Å². The summed E-state index contributed by atoms with van der Waals surface area (Å²) in [6.07, 6.45) is 1.46. The zero-order valence-corrected chi connectivity index (χ0v) is 21.1.